The number of sulfone groups is 1. The Balaban J connectivity index is 1.87. The molecule has 3 rings (SSSR count). The van der Waals surface area contributed by atoms with E-state index < -0.39 is 9.84 Å². The predicted octanol–water partition coefficient (Wildman–Crippen LogP) is 4.65. The summed E-state index contributed by atoms with van der Waals surface area (Å²) in [5.41, 5.74) is 1.43. The van der Waals surface area contributed by atoms with E-state index in [-0.39, 0.29) is 15.8 Å². The number of rotatable bonds is 6. The van der Waals surface area contributed by atoms with Gasteiger partial charge in [0.2, 0.25) is 5.91 Å². The molecule has 0 aliphatic heterocycles. The summed E-state index contributed by atoms with van der Waals surface area (Å²) in [4.78, 5) is 30.5. The van der Waals surface area contributed by atoms with Gasteiger partial charge in [-0.15, -0.1) is 0 Å². The number of hydrogen-bond acceptors (Lipinski definition) is 5. The van der Waals surface area contributed by atoms with Crippen LogP contribution in [0, 0.1) is 12.8 Å². The van der Waals surface area contributed by atoms with Crippen molar-refractivity contribution in [2.24, 2.45) is 5.92 Å². The van der Waals surface area contributed by atoms with Gasteiger partial charge in [-0.2, -0.15) is 0 Å². The first-order valence-electron chi connectivity index (χ1n) is 9.92. The fourth-order valence-corrected chi connectivity index (χ4v) is 4.98. The van der Waals surface area contributed by atoms with Crippen molar-refractivity contribution in [1.29, 1.82) is 0 Å². The summed E-state index contributed by atoms with van der Waals surface area (Å²) >= 11 is 6.22. The zero-order valence-electron chi connectivity index (χ0n) is 17.1. The third-order valence-corrected chi connectivity index (χ3v) is 6.96. The molecule has 1 aliphatic rings. The molecule has 160 valence electrons. The number of nitrogens with zero attached hydrogens (tertiary/aromatic N) is 2. The molecule has 1 fully saturated rings. The van der Waals surface area contributed by atoms with Crippen molar-refractivity contribution in [3.63, 3.8) is 0 Å². The monoisotopic (exact) mass is 448 g/mol. The molecule has 0 spiro atoms. The fraction of sp³-hybridized carbons (Fsp3) is 0.409. The Hall–Kier alpha value is -2.25. The van der Waals surface area contributed by atoms with Crippen LogP contribution in [0.25, 0.3) is 0 Å². The van der Waals surface area contributed by atoms with Crippen LogP contribution in [0.3, 0.4) is 0 Å². The van der Waals surface area contributed by atoms with Crippen molar-refractivity contribution < 1.29 is 18.0 Å². The molecular formula is C22H25ClN2O4S. The number of aromatic nitrogens is 1. The molecule has 0 saturated heterocycles. The number of pyridine rings is 1. The van der Waals surface area contributed by atoms with Crippen LogP contribution in [0.2, 0.25) is 5.02 Å². The first kappa shape index (κ1) is 22.4. The minimum absolute atomic E-state index is 0.0176. The lowest BCUT2D eigenvalue weighted by molar-refractivity contribution is -0.121. The molecule has 1 saturated carbocycles. The molecule has 1 aromatic heterocycles. The van der Waals surface area contributed by atoms with Gasteiger partial charge in [0.1, 0.15) is 11.6 Å². The average Bonchev–Trinajstić information content (AvgIpc) is 2.68. The number of carbonyl (C=O) groups excluding carboxylic acids is 2. The summed E-state index contributed by atoms with van der Waals surface area (Å²) in [6, 6.07) is 8.08. The van der Waals surface area contributed by atoms with Gasteiger partial charge < -0.3 is 0 Å². The van der Waals surface area contributed by atoms with Crippen LogP contribution in [-0.4, -0.2) is 31.3 Å². The second kappa shape index (κ2) is 9.27. The number of hydrogen-bond donors (Lipinski definition) is 0. The highest BCUT2D eigenvalue weighted by molar-refractivity contribution is 7.90. The van der Waals surface area contributed by atoms with Gasteiger partial charge in [-0.1, -0.05) is 17.7 Å². The Labute approximate surface area is 182 Å². The maximum Gasteiger partial charge on any atom is 0.232 e. The number of benzene rings is 1. The molecule has 1 heterocycles. The molecular weight excluding hydrogens is 424 g/mol. The van der Waals surface area contributed by atoms with Gasteiger partial charge in [0.15, 0.2) is 9.84 Å². The first-order chi connectivity index (χ1) is 14.1. The molecule has 0 atom stereocenters. The summed E-state index contributed by atoms with van der Waals surface area (Å²) in [6.45, 7) is 1.91. The summed E-state index contributed by atoms with van der Waals surface area (Å²) < 4.78 is 23.8. The summed E-state index contributed by atoms with van der Waals surface area (Å²) in [5.74, 6) is 0.957. The molecule has 0 radical (unpaired) electrons. The van der Waals surface area contributed by atoms with Crippen LogP contribution in [-0.2, 0) is 19.4 Å². The summed E-state index contributed by atoms with van der Waals surface area (Å²) in [6.07, 6.45) is 6.59. The van der Waals surface area contributed by atoms with Gasteiger partial charge in [-0.05, 0) is 61.9 Å². The van der Waals surface area contributed by atoms with Gasteiger partial charge >= 0.3 is 0 Å². The van der Waals surface area contributed by atoms with Crippen LogP contribution < -0.4 is 4.90 Å². The van der Waals surface area contributed by atoms with E-state index in [2.05, 4.69) is 4.98 Å². The third-order valence-electron chi connectivity index (χ3n) is 5.38. The summed E-state index contributed by atoms with van der Waals surface area (Å²) in [5, 5.41) is 0.0608. The molecule has 1 aliphatic carbocycles. The quantitative estimate of drug-likeness (QED) is 0.642. The number of amides is 1. The minimum Gasteiger partial charge on any atom is -0.300 e. The predicted molar refractivity (Wildman–Crippen MR) is 117 cm³/mol. The standard InChI is InChI=1S/C22H25ClN2O4S/c1-15-3-11-21(24-14-15)25(17-7-10-20(19(23)13-17)30(2,28)29)22(27)12-6-16-4-8-18(26)9-5-16/h3,7,10-11,13-14,16H,4-6,8-9,12H2,1-2H3. The van der Waals surface area contributed by atoms with Crippen molar-refractivity contribution in [3.05, 3.63) is 47.1 Å². The molecule has 2 aromatic rings. The van der Waals surface area contributed by atoms with Crippen LogP contribution in [0.15, 0.2) is 41.4 Å². The molecule has 0 bridgehead atoms. The van der Waals surface area contributed by atoms with E-state index in [1.54, 1.807) is 18.3 Å². The van der Waals surface area contributed by atoms with Crippen LogP contribution in [0.4, 0.5) is 11.5 Å². The van der Waals surface area contributed by atoms with Gasteiger partial charge in [0.25, 0.3) is 0 Å². The van der Waals surface area contributed by atoms with Crippen molar-refractivity contribution in [1.82, 2.24) is 4.98 Å². The Bertz CT molecular complexity index is 1040. The van der Waals surface area contributed by atoms with Crippen LogP contribution in [0.5, 0.6) is 0 Å². The fourth-order valence-electron chi connectivity index (χ4n) is 3.65. The van der Waals surface area contributed by atoms with E-state index in [0.29, 0.717) is 48.9 Å². The molecule has 8 heteroatoms. The van der Waals surface area contributed by atoms with Crippen molar-refractivity contribution in [2.75, 3.05) is 11.2 Å². The molecule has 6 nitrogen and oxygen atoms in total. The third kappa shape index (κ3) is 5.46. The van der Waals surface area contributed by atoms with Gasteiger partial charge in [-0.25, -0.2) is 13.4 Å². The van der Waals surface area contributed by atoms with E-state index >= 15 is 0 Å². The van der Waals surface area contributed by atoms with E-state index in [4.69, 9.17) is 11.6 Å². The highest BCUT2D eigenvalue weighted by Crippen LogP contribution is 2.32. The lowest BCUT2D eigenvalue weighted by Gasteiger charge is -2.25. The van der Waals surface area contributed by atoms with Crippen LogP contribution in [0.1, 0.15) is 44.1 Å². The minimum atomic E-state index is -3.47. The maximum atomic E-state index is 13.2. The van der Waals surface area contributed by atoms with E-state index in [1.807, 2.05) is 13.0 Å². The topological polar surface area (TPSA) is 84.4 Å². The molecule has 0 N–H and O–H groups in total. The molecule has 30 heavy (non-hydrogen) atoms. The van der Waals surface area contributed by atoms with Gasteiger partial charge in [-0.3, -0.25) is 14.5 Å². The lowest BCUT2D eigenvalue weighted by Crippen LogP contribution is -2.27. The van der Waals surface area contributed by atoms with Crippen LogP contribution >= 0.6 is 11.6 Å². The molecule has 1 aromatic carbocycles. The largest absolute Gasteiger partial charge is 0.300 e. The van der Waals surface area contributed by atoms with Gasteiger partial charge in [0.05, 0.1) is 15.6 Å². The molecule has 0 unspecified atom stereocenters. The second-order valence-electron chi connectivity index (χ2n) is 7.83. The number of carbonyl (C=O) groups is 2. The number of Topliss-reactive ketones (excluding diaryl/α,β-unsaturated/α-hetero) is 1. The van der Waals surface area contributed by atoms with Crippen molar-refractivity contribution >= 4 is 44.6 Å². The van der Waals surface area contributed by atoms with E-state index in [1.165, 1.54) is 17.0 Å². The first-order valence-corrected chi connectivity index (χ1v) is 12.2. The number of halogens is 1. The van der Waals surface area contributed by atoms with E-state index in [9.17, 15) is 18.0 Å². The Morgan fingerprint density at radius 1 is 1.20 bits per heavy atom. The highest BCUT2D eigenvalue weighted by atomic mass is 35.5. The SMILES string of the molecule is Cc1ccc(N(C(=O)CCC2CCC(=O)CC2)c2ccc(S(C)(=O)=O)c(Cl)c2)nc1. The number of aryl methyl sites for hydroxylation is 1. The van der Waals surface area contributed by atoms with Crippen molar-refractivity contribution in [2.45, 2.75) is 50.3 Å². The lowest BCUT2D eigenvalue weighted by atomic mass is 9.85. The zero-order valence-corrected chi connectivity index (χ0v) is 18.7. The number of ketones is 1. The maximum absolute atomic E-state index is 13.2. The molecule has 1 amide bonds. The normalized spacial score (nSPS) is 15.2. The van der Waals surface area contributed by atoms with Gasteiger partial charge in [0, 0.05) is 31.7 Å². The van der Waals surface area contributed by atoms with E-state index in [0.717, 1.165) is 24.7 Å². The Morgan fingerprint density at radius 3 is 2.47 bits per heavy atom. The Morgan fingerprint density at radius 2 is 1.90 bits per heavy atom. The zero-order chi connectivity index (χ0) is 21.9. The van der Waals surface area contributed by atoms with Crippen molar-refractivity contribution in [3.8, 4) is 0 Å². The summed E-state index contributed by atoms with van der Waals surface area (Å²) in [7, 11) is -3.47. The average molecular weight is 449 g/mol. The highest BCUT2D eigenvalue weighted by Gasteiger charge is 2.24. The smallest absolute Gasteiger partial charge is 0.232 e. The Kier molecular flexibility index (Phi) is 6.93. The number of anilines is 2. The second-order valence-corrected chi connectivity index (χ2v) is 10.2.